The van der Waals surface area contributed by atoms with Gasteiger partial charge < -0.3 is 10.2 Å². The van der Waals surface area contributed by atoms with E-state index >= 15 is 0 Å². The molecular formula is C33H41BrN2O2. The van der Waals surface area contributed by atoms with E-state index in [1.54, 1.807) is 4.90 Å². The zero-order valence-corrected chi connectivity index (χ0v) is 24.8. The molecule has 0 saturated heterocycles. The Bertz CT molecular complexity index is 1150. The van der Waals surface area contributed by atoms with Crippen LogP contribution < -0.4 is 5.32 Å². The van der Waals surface area contributed by atoms with Gasteiger partial charge in [0.15, 0.2) is 0 Å². The van der Waals surface area contributed by atoms with E-state index in [1.807, 2.05) is 54.6 Å². The van der Waals surface area contributed by atoms with E-state index in [1.165, 1.54) is 5.56 Å². The summed E-state index contributed by atoms with van der Waals surface area (Å²) in [5.74, 6) is -0.110. The molecule has 0 saturated carbocycles. The minimum atomic E-state index is -0.589. The normalized spacial score (nSPS) is 12.1. The third kappa shape index (κ3) is 9.13. The van der Waals surface area contributed by atoms with Crippen LogP contribution in [0, 0.1) is 0 Å². The van der Waals surface area contributed by atoms with Crippen molar-refractivity contribution in [2.24, 2.45) is 0 Å². The largest absolute Gasteiger partial charge is 0.354 e. The number of rotatable bonds is 12. The molecule has 3 rings (SSSR count). The molecule has 4 nitrogen and oxygen atoms in total. The van der Waals surface area contributed by atoms with Crippen molar-refractivity contribution in [1.29, 1.82) is 0 Å². The van der Waals surface area contributed by atoms with Gasteiger partial charge in [-0.3, -0.25) is 9.59 Å². The van der Waals surface area contributed by atoms with Crippen LogP contribution in [0.1, 0.15) is 69.2 Å². The second-order valence-electron chi connectivity index (χ2n) is 10.9. The van der Waals surface area contributed by atoms with E-state index in [-0.39, 0.29) is 17.2 Å². The van der Waals surface area contributed by atoms with Gasteiger partial charge in [-0.05, 0) is 52.6 Å². The summed E-state index contributed by atoms with van der Waals surface area (Å²) in [5, 5.41) is 3.09. The number of nitrogens with zero attached hydrogens (tertiary/aromatic N) is 1. The first-order valence-corrected chi connectivity index (χ1v) is 14.4. The van der Waals surface area contributed by atoms with Gasteiger partial charge in [0, 0.05) is 30.4 Å². The van der Waals surface area contributed by atoms with Crippen LogP contribution in [0.25, 0.3) is 0 Å². The van der Waals surface area contributed by atoms with Crippen LogP contribution in [0.3, 0.4) is 0 Å². The highest BCUT2D eigenvalue weighted by atomic mass is 79.9. The Kier molecular flexibility index (Phi) is 11.1. The Hall–Kier alpha value is -2.92. The Morgan fingerprint density at radius 2 is 1.50 bits per heavy atom. The van der Waals surface area contributed by atoms with E-state index in [0.717, 1.165) is 34.0 Å². The highest BCUT2D eigenvalue weighted by Crippen LogP contribution is 2.23. The molecule has 1 N–H and O–H groups in total. The predicted octanol–water partition coefficient (Wildman–Crippen LogP) is 7.24. The molecular weight excluding hydrogens is 536 g/mol. The number of halogens is 1. The van der Waals surface area contributed by atoms with Gasteiger partial charge >= 0.3 is 0 Å². The summed E-state index contributed by atoms with van der Waals surface area (Å²) in [4.78, 5) is 29.1. The van der Waals surface area contributed by atoms with Crippen molar-refractivity contribution in [2.45, 2.75) is 77.8 Å². The van der Waals surface area contributed by atoms with Gasteiger partial charge in [-0.1, -0.05) is 117 Å². The summed E-state index contributed by atoms with van der Waals surface area (Å²) in [6.45, 7) is 9.69. The number of hydrogen-bond acceptors (Lipinski definition) is 2. The summed E-state index contributed by atoms with van der Waals surface area (Å²) in [6, 6.07) is 25.9. The summed E-state index contributed by atoms with van der Waals surface area (Å²) < 4.78 is 0.982. The van der Waals surface area contributed by atoms with Crippen molar-refractivity contribution in [1.82, 2.24) is 10.2 Å². The predicted molar refractivity (Wildman–Crippen MR) is 160 cm³/mol. The van der Waals surface area contributed by atoms with Gasteiger partial charge in [0.25, 0.3) is 0 Å². The topological polar surface area (TPSA) is 49.4 Å². The maximum Gasteiger partial charge on any atom is 0.243 e. The lowest BCUT2D eigenvalue weighted by molar-refractivity contribution is -0.141. The van der Waals surface area contributed by atoms with E-state index in [2.05, 4.69) is 73.2 Å². The van der Waals surface area contributed by atoms with Crippen LogP contribution in [-0.4, -0.2) is 29.3 Å². The fraction of sp³-hybridized carbons (Fsp3) is 0.394. The number of carbonyl (C=O) groups is 2. The maximum absolute atomic E-state index is 13.8. The molecule has 3 aromatic rings. The number of aryl methyl sites for hydroxylation is 1. The van der Waals surface area contributed by atoms with Crippen molar-refractivity contribution in [3.05, 3.63) is 106 Å². The molecule has 0 aromatic heterocycles. The average molecular weight is 578 g/mol. The second-order valence-corrected chi connectivity index (χ2v) is 11.9. The maximum atomic E-state index is 13.8. The van der Waals surface area contributed by atoms with Crippen LogP contribution in [0.2, 0.25) is 0 Å². The molecule has 202 valence electrons. The van der Waals surface area contributed by atoms with Gasteiger partial charge in [0.05, 0.1) is 0 Å². The highest BCUT2D eigenvalue weighted by Gasteiger charge is 2.30. The van der Waals surface area contributed by atoms with Crippen LogP contribution in [0.4, 0.5) is 0 Å². The lowest BCUT2D eigenvalue weighted by Crippen LogP contribution is -2.50. The SMILES string of the molecule is CCCCNC(=O)C(Cc1ccccc1)N(Cc1ccc(Br)cc1)C(=O)CCc1ccc(C(C)(C)C)cc1. The van der Waals surface area contributed by atoms with Gasteiger partial charge in [-0.15, -0.1) is 0 Å². The molecule has 2 amide bonds. The number of amides is 2. The Morgan fingerprint density at radius 3 is 2.11 bits per heavy atom. The molecule has 0 aliphatic carbocycles. The first-order chi connectivity index (χ1) is 18.2. The minimum absolute atomic E-state index is 0.0145. The fourth-order valence-corrected chi connectivity index (χ4v) is 4.68. The first kappa shape index (κ1) is 29.6. The number of hydrogen-bond donors (Lipinski definition) is 1. The summed E-state index contributed by atoms with van der Waals surface area (Å²) in [7, 11) is 0. The third-order valence-electron chi connectivity index (χ3n) is 6.81. The Balaban J connectivity index is 1.85. The van der Waals surface area contributed by atoms with Gasteiger partial charge in [-0.25, -0.2) is 0 Å². The van der Waals surface area contributed by atoms with Gasteiger partial charge in [0.2, 0.25) is 11.8 Å². The quantitative estimate of drug-likeness (QED) is 0.231. The molecule has 0 heterocycles. The van der Waals surface area contributed by atoms with E-state index < -0.39 is 6.04 Å². The van der Waals surface area contributed by atoms with E-state index in [0.29, 0.717) is 32.4 Å². The molecule has 3 aromatic carbocycles. The fourth-order valence-electron chi connectivity index (χ4n) is 4.41. The number of benzene rings is 3. The average Bonchev–Trinajstić information content (AvgIpc) is 2.90. The molecule has 1 unspecified atom stereocenters. The van der Waals surface area contributed by atoms with Crippen molar-refractivity contribution >= 4 is 27.7 Å². The molecule has 0 spiro atoms. The molecule has 38 heavy (non-hydrogen) atoms. The molecule has 0 radical (unpaired) electrons. The van der Waals surface area contributed by atoms with Crippen molar-refractivity contribution in [3.63, 3.8) is 0 Å². The Morgan fingerprint density at radius 1 is 0.868 bits per heavy atom. The van der Waals surface area contributed by atoms with Crippen LogP contribution in [-0.2, 0) is 34.4 Å². The van der Waals surface area contributed by atoms with Gasteiger partial charge in [0.1, 0.15) is 6.04 Å². The lowest BCUT2D eigenvalue weighted by atomic mass is 9.86. The van der Waals surface area contributed by atoms with Gasteiger partial charge in [-0.2, -0.15) is 0 Å². The van der Waals surface area contributed by atoms with Crippen molar-refractivity contribution in [3.8, 4) is 0 Å². The van der Waals surface area contributed by atoms with E-state index in [9.17, 15) is 9.59 Å². The third-order valence-corrected chi connectivity index (χ3v) is 7.34. The minimum Gasteiger partial charge on any atom is -0.354 e. The molecule has 0 bridgehead atoms. The number of carbonyl (C=O) groups excluding carboxylic acids is 2. The number of unbranched alkanes of at least 4 members (excludes halogenated alkanes) is 1. The smallest absolute Gasteiger partial charge is 0.243 e. The zero-order valence-electron chi connectivity index (χ0n) is 23.2. The second kappa shape index (κ2) is 14.3. The summed E-state index contributed by atoms with van der Waals surface area (Å²) >= 11 is 3.50. The lowest BCUT2D eigenvalue weighted by Gasteiger charge is -2.32. The Labute approximate surface area is 237 Å². The van der Waals surface area contributed by atoms with Crippen LogP contribution >= 0.6 is 15.9 Å². The molecule has 1 atom stereocenters. The van der Waals surface area contributed by atoms with Crippen LogP contribution in [0.15, 0.2) is 83.3 Å². The highest BCUT2D eigenvalue weighted by molar-refractivity contribution is 9.10. The van der Waals surface area contributed by atoms with Crippen molar-refractivity contribution in [2.75, 3.05) is 6.54 Å². The molecule has 0 aliphatic rings. The first-order valence-electron chi connectivity index (χ1n) is 13.6. The molecule has 0 aliphatic heterocycles. The number of nitrogens with one attached hydrogen (secondary N) is 1. The zero-order chi connectivity index (χ0) is 27.5. The summed E-state index contributed by atoms with van der Waals surface area (Å²) in [5.41, 5.74) is 4.52. The summed E-state index contributed by atoms with van der Waals surface area (Å²) in [6.07, 6.45) is 3.37. The standard InChI is InChI=1S/C33H41BrN2O2/c1-5-6-22-35-32(38)30(23-26-10-8-7-9-11-26)36(24-27-14-19-29(34)20-15-27)31(37)21-16-25-12-17-28(18-13-25)33(2,3)4/h7-15,17-20,30H,5-6,16,21-24H2,1-4H3,(H,35,38). The molecule has 0 fully saturated rings. The van der Waals surface area contributed by atoms with E-state index in [4.69, 9.17) is 0 Å². The van der Waals surface area contributed by atoms with Crippen molar-refractivity contribution < 1.29 is 9.59 Å². The van der Waals surface area contributed by atoms with Crippen LogP contribution in [0.5, 0.6) is 0 Å². The monoisotopic (exact) mass is 576 g/mol. The molecule has 5 heteroatoms.